The van der Waals surface area contributed by atoms with Crippen LogP contribution in [0.25, 0.3) is 0 Å². The zero-order valence-corrected chi connectivity index (χ0v) is 14.9. The van der Waals surface area contributed by atoms with Gasteiger partial charge in [-0.05, 0) is 35.6 Å². The van der Waals surface area contributed by atoms with Crippen molar-refractivity contribution in [2.45, 2.75) is 6.42 Å². The van der Waals surface area contributed by atoms with Crippen molar-refractivity contribution in [3.63, 3.8) is 0 Å². The van der Waals surface area contributed by atoms with Gasteiger partial charge in [-0.15, -0.1) is 11.3 Å². The number of thiophene rings is 1. The van der Waals surface area contributed by atoms with Gasteiger partial charge < -0.3 is 20.1 Å². The summed E-state index contributed by atoms with van der Waals surface area (Å²) in [7, 11) is 0. The van der Waals surface area contributed by atoms with Crippen molar-refractivity contribution >= 4 is 34.8 Å². The number of ether oxygens (including phenoxy) is 2. The number of hydrogen-bond acceptors (Lipinski definition) is 5. The lowest BCUT2D eigenvalue weighted by Crippen LogP contribution is -2.37. The van der Waals surface area contributed by atoms with Crippen molar-refractivity contribution in [3.05, 3.63) is 45.1 Å². The molecular formula is C17H17ClN2O4S. The second-order valence-electron chi connectivity index (χ2n) is 5.36. The van der Waals surface area contributed by atoms with E-state index in [2.05, 4.69) is 10.6 Å². The zero-order valence-electron chi connectivity index (χ0n) is 13.3. The zero-order chi connectivity index (χ0) is 17.6. The lowest BCUT2D eigenvalue weighted by atomic mass is 10.1. The Bertz CT molecular complexity index is 764. The summed E-state index contributed by atoms with van der Waals surface area (Å²) in [6.45, 7) is 1.36. The molecule has 8 heteroatoms. The minimum absolute atomic E-state index is 0.0569. The summed E-state index contributed by atoms with van der Waals surface area (Å²) in [6.07, 6.45) is 0.598. The quantitative estimate of drug-likeness (QED) is 0.806. The highest BCUT2D eigenvalue weighted by atomic mass is 35.5. The fourth-order valence-electron chi connectivity index (χ4n) is 2.37. The standard InChI is InChI=1S/C17H17ClN2O4S/c18-12-8-11(9-13-16(12)24-6-5-23-13)3-4-19-15(21)10-20-17(22)14-2-1-7-25-14/h1-2,7-9H,3-6,10H2,(H,19,21)(H,20,22). The molecule has 0 saturated heterocycles. The molecule has 0 atom stereocenters. The molecule has 0 bridgehead atoms. The molecule has 1 aromatic heterocycles. The first-order chi connectivity index (χ1) is 12.1. The third-order valence-electron chi connectivity index (χ3n) is 3.55. The van der Waals surface area contributed by atoms with E-state index in [1.807, 2.05) is 11.4 Å². The third kappa shape index (κ3) is 4.64. The highest BCUT2D eigenvalue weighted by molar-refractivity contribution is 7.12. The van der Waals surface area contributed by atoms with Crippen LogP contribution in [0.3, 0.4) is 0 Å². The average molecular weight is 381 g/mol. The average Bonchev–Trinajstić information content (AvgIpc) is 3.14. The van der Waals surface area contributed by atoms with Gasteiger partial charge in [0.1, 0.15) is 13.2 Å². The second kappa shape index (κ2) is 8.22. The van der Waals surface area contributed by atoms with Gasteiger partial charge in [0.25, 0.3) is 5.91 Å². The molecule has 0 fully saturated rings. The highest BCUT2D eigenvalue weighted by Gasteiger charge is 2.16. The molecule has 6 nitrogen and oxygen atoms in total. The van der Waals surface area contributed by atoms with Crippen molar-refractivity contribution in [1.82, 2.24) is 10.6 Å². The molecule has 3 rings (SSSR count). The monoisotopic (exact) mass is 380 g/mol. The predicted molar refractivity (Wildman–Crippen MR) is 95.8 cm³/mol. The summed E-state index contributed by atoms with van der Waals surface area (Å²) in [5.74, 6) is 0.706. The molecule has 2 N–H and O–H groups in total. The van der Waals surface area contributed by atoms with Gasteiger partial charge in [0, 0.05) is 6.54 Å². The summed E-state index contributed by atoms with van der Waals surface area (Å²) in [6, 6.07) is 7.17. The highest BCUT2D eigenvalue weighted by Crippen LogP contribution is 2.38. The molecule has 0 spiro atoms. The van der Waals surface area contributed by atoms with Gasteiger partial charge >= 0.3 is 0 Å². The number of rotatable bonds is 6. The number of hydrogen-bond donors (Lipinski definition) is 2. The summed E-state index contributed by atoms with van der Waals surface area (Å²) in [5.41, 5.74) is 0.942. The molecule has 2 amide bonds. The van der Waals surface area contributed by atoms with E-state index in [9.17, 15) is 9.59 Å². The fraction of sp³-hybridized carbons (Fsp3) is 0.294. The van der Waals surface area contributed by atoms with Crippen LogP contribution in [0.5, 0.6) is 11.5 Å². The lowest BCUT2D eigenvalue weighted by molar-refractivity contribution is -0.120. The van der Waals surface area contributed by atoms with Crippen LogP contribution in [-0.4, -0.2) is 38.1 Å². The van der Waals surface area contributed by atoms with Crippen molar-refractivity contribution in [1.29, 1.82) is 0 Å². The normalized spacial score (nSPS) is 12.5. The van der Waals surface area contributed by atoms with Crippen LogP contribution < -0.4 is 20.1 Å². The molecule has 0 unspecified atom stereocenters. The van der Waals surface area contributed by atoms with Crippen LogP contribution in [-0.2, 0) is 11.2 Å². The predicted octanol–water partition coefficient (Wildman–Crippen LogP) is 2.26. The van der Waals surface area contributed by atoms with Gasteiger partial charge in [-0.2, -0.15) is 0 Å². The number of fused-ring (bicyclic) bond motifs is 1. The van der Waals surface area contributed by atoms with Crippen LogP contribution in [0.15, 0.2) is 29.6 Å². The summed E-state index contributed by atoms with van der Waals surface area (Å²) in [4.78, 5) is 24.2. The molecule has 1 aromatic carbocycles. The van der Waals surface area contributed by atoms with Gasteiger partial charge in [-0.25, -0.2) is 0 Å². The topological polar surface area (TPSA) is 76.7 Å². The number of nitrogens with one attached hydrogen (secondary N) is 2. The molecule has 0 radical (unpaired) electrons. The maximum absolute atomic E-state index is 11.8. The largest absolute Gasteiger partial charge is 0.486 e. The maximum atomic E-state index is 11.8. The Kier molecular flexibility index (Phi) is 5.78. The number of halogens is 1. The first-order valence-corrected chi connectivity index (χ1v) is 9.05. The molecule has 2 aromatic rings. The molecule has 0 saturated carbocycles. The van der Waals surface area contributed by atoms with E-state index in [1.54, 1.807) is 18.2 Å². The Morgan fingerprint density at radius 1 is 1.20 bits per heavy atom. The van der Waals surface area contributed by atoms with Gasteiger partial charge in [-0.3, -0.25) is 9.59 Å². The van der Waals surface area contributed by atoms with E-state index in [-0.39, 0.29) is 18.4 Å². The summed E-state index contributed by atoms with van der Waals surface area (Å²) < 4.78 is 11.0. The van der Waals surface area contributed by atoms with E-state index >= 15 is 0 Å². The number of amides is 2. The first kappa shape index (κ1) is 17.6. The lowest BCUT2D eigenvalue weighted by Gasteiger charge is -2.20. The number of carbonyl (C=O) groups is 2. The van der Waals surface area contributed by atoms with Crippen molar-refractivity contribution < 1.29 is 19.1 Å². The molecule has 2 heterocycles. The Morgan fingerprint density at radius 2 is 2.04 bits per heavy atom. The minimum Gasteiger partial charge on any atom is -0.486 e. The Hall–Kier alpha value is -2.25. The van der Waals surface area contributed by atoms with Crippen LogP contribution in [0.2, 0.25) is 5.02 Å². The van der Waals surface area contributed by atoms with Gasteiger partial charge in [0.2, 0.25) is 5.91 Å². The van der Waals surface area contributed by atoms with Gasteiger partial charge in [0.05, 0.1) is 16.4 Å². The van der Waals surface area contributed by atoms with Crippen LogP contribution in [0, 0.1) is 0 Å². The van der Waals surface area contributed by atoms with Crippen LogP contribution >= 0.6 is 22.9 Å². The molecular weight excluding hydrogens is 364 g/mol. The number of carbonyl (C=O) groups excluding carboxylic acids is 2. The van der Waals surface area contributed by atoms with Crippen molar-refractivity contribution in [3.8, 4) is 11.5 Å². The van der Waals surface area contributed by atoms with Gasteiger partial charge in [-0.1, -0.05) is 17.7 Å². The van der Waals surface area contributed by atoms with Crippen molar-refractivity contribution in [2.75, 3.05) is 26.3 Å². The van der Waals surface area contributed by atoms with Crippen molar-refractivity contribution in [2.24, 2.45) is 0 Å². The Morgan fingerprint density at radius 3 is 2.84 bits per heavy atom. The fourth-order valence-corrected chi connectivity index (χ4v) is 3.30. The Balaban J connectivity index is 1.44. The number of benzene rings is 1. The Labute approximate surface area is 154 Å². The van der Waals surface area contributed by atoms with E-state index in [4.69, 9.17) is 21.1 Å². The maximum Gasteiger partial charge on any atom is 0.261 e. The second-order valence-corrected chi connectivity index (χ2v) is 6.72. The third-order valence-corrected chi connectivity index (χ3v) is 4.70. The molecule has 1 aliphatic rings. The summed E-state index contributed by atoms with van der Waals surface area (Å²) in [5, 5.41) is 7.67. The van der Waals surface area contributed by atoms with E-state index < -0.39 is 0 Å². The van der Waals surface area contributed by atoms with Gasteiger partial charge in [0.15, 0.2) is 11.5 Å². The van der Waals surface area contributed by atoms with Crippen LogP contribution in [0.1, 0.15) is 15.2 Å². The van der Waals surface area contributed by atoms with E-state index in [0.717, 1.165) is 5.56 Å². The first-order valence-electron chi connectivity index (χ1n) is 7.80. The smallest absolute Gasteiger partial charge is 0.261 e. The van der Waals surface area contributed by atoms with E-state index in [1.165, 1.54) is 11.3 Å². The minimum atomic E-state index is -0.247. The molecule has 25 heavy (non-hydrogen) atoms. The molecule has 1 aliphatic heterocycles. The summed E-state index contributed by atoms with van der Waals surface area (Å²) >= 11 is 7.52. The molecule has 132 valence electrons. The van der Waals surface area contributed by atoms with E-state index in [0.29, 0.717) is 47.6 Å². The SMILES string of the molecule is O=C(CNC(=O)c1cccs1)NCCc1cc(Cl)c2c(c1)OCCO2. The molecule has 0 aliphatic carbocycles. The van der Waals surface area contributed by atoms with Crippen LogP contribution in [0.4, 0.5) is 0 Å².